The Hall–Kier alpha value is -3.21. The van der Waals surface area contributed by atoms with Crippen LogP contribution in [0.5, 0.6) is 5.75 Å². The van der Waals surface area contributed by atoms with Crippen LogP contribution in [0.2, 0.25) is 0 Å². The summed E-state index contributed by atoms with van der Waals surface area (Å²) in [6.07, 6.45) is 2.16. The summed E-state index contributed by atoms with van der Waals surface area (Å²) in [4.78, 5) is 14.7. The third kappa shape index (κ3) is 3.97. The molecule has 2 heterocycles. The second-order valence-corrected chi connectivity index (χ2v) is 6.69. The number of fused-ring (bicyclic) bond motifs is 1. The van der Waals surface area contributed by atoms with Crippen molar-refractivity contribution in [1.82, 2.24) is 0 Å². The van der Waals surface area contributed by atoms with E-state index in [2.05, 4.69) is 23.3 Å². The van der Waals surface area contributed by atoms with Crippen LogP contribution in [-0.4, -0.2) is 19.5 Å². The van der Waals surface area contributed by atoms with Crippen LogP contribution in [0, 0.1) is 0 Å². The van der Waals surface area contributed by atoms with Crippen molar-refractivity contribution >= 4 is 17.3 Å². The monoisotopic (exact) mass is 362 g/mol. The minimum atomic E-state index is -0.259. The van der Waals surface area contributed by atoms with Gasteiger partial charge in [-0.3, -0.25) is 4.79 Å². The number of furan rings is 1. The van der Waals surface area contributed by atoms with Crippen molar-refractivity contribution in [2.24, 2.45) is 0 Å². The number of rotatable bonds is 5. The smallest absolute Gasteiger partial charge is 0.291 e. The van der Waals surface area contributed by atoms with E-state index in [-0.39, 0.29) is 18.3 Å². The SMILES string of the molecule is CN1CCCc2cc(NC(=O)c3ccc(COc4ccccc4)o3)ccc21. The summed E-state index contributed by atoms with van der Waals surface area (Å²) in [6.45, 7) is 1.35. The third-order valence-electron chi connectivity index (χ3n) is 4.70. The number of benzene rings is 2. The predicted octanol–water partition coefficient (Wildman–Crippen LogP) is 4.49. The maximum atomic E-state index is 12.5. The van der Waals surface area contributed by atoms with Crippen LogP contribution in [0.4, 0.5) is 11.4 Å². The van der Waals surface area contributed by atoms with Crippen molar-refractivity contribution in [3.63, 3.8) is 0 Å². The zero-order chi connectivity index (χ0) is 18.6. The van der Waals surface area contributed by atoms with Gasteiger partial charge in [-0.15, -0.1) is 0 Å². The predicted molar refractivity (Wildman–Crippen MR) is 105 cm³/mol. The Morgan fingerprint density at radius 2 is 2.00 bits per heavy atom. The second-order valence-electron chi connectivity index (χ2n) is 6.69. The molecule has 1 aliphatic rings. The zero-order valence-corrected chi connectivity index (χ0v) is 15.3. The molecule has 0 saturated heterocycles. The molecule has 5 heteroatoms. The van der Waals surface area contributed by atoms with Crippen molar-refractivity contribution in [3.05, 3.63) is 77.7 Å². The number of anilines is 2. The van der Waals surface area contributed by atoms with Crippen molar-refractivity contribution < 1.29 is 13.9 Å². The van der Waals surface area contributed by atoms with Gasteiger partial charge in [0.05, 0.1) is 0 Å². The molecule has 0 fully saturated rings. The van der Waals surface area contributed by atoms with E-state index in [1.807, 2.05) is 42.5 Å². The number of carbonyl (C=O) groups excluding carboxylic acids is 1. The Balaban J connectivity index is 1.39. The van der Waals surface area contributed by atoms with E-state index in [1.54, 1.807) is 12.1 Å². The summed E-state index contributed by atoms with van der Waals surface area (Å²) in [6, 6.07) is 19.0. The molecule has 0 saturated carbocycles. The van der Waals surface area contributed by atoms with E-state index in [0.717, 1.165) is 30.8 Å². The number of ether oxygens (including phenoxy) is 1. The third-order valence-corrected chi connectivity index (χ3v) is 4.70. The Morgan fingerprint density at radius 3 is 2.85 bits per heavy atom. The molecule has 0 unspecified atom stereocenters. The van der Waals surface area contributed by atoms with Crippen molar-refractivity contribution in [3.8, 4) is 5.75 Å². The molecule has 4 rings (SSSR count). The van der Waals surface area contributed by atoms with Crippen LogP contribution in [0.25, 0.3) is 0 Å². The van der Waals surface area contributed by atoms with E-state index in [9.17, 15) is 4.79 Å². The average molecular weight is 362 g/mol. The van der Waals surface area contributed by atoms with Crippen molar-refractivity contribution in [2.45, 2.75) is 19.4 Å². The van der Waals surface area contributed by atoms with E-state index >= 15 is 0 Å². The van der Waals surface area contributed by atoms with Crippen molar-refractivity contribution in [2.75, 3.05) is 23.8 Å². The van der Waals surface area contributed by atoms with Crippen LogP contribution in [-0.2, 0) is 13.0 Å². The van der Waals surface area contributed by atoms with Crippen LogP contribution in [0.15, 0.2) is 65.1 Å². The van der Waals surface area contributed by atoms with E-state index in [4.69, 9.17) is 9.15 Å². The first-order valence-corrected chi connectivity index (χ1v) is 9.11. The molecule has 0 aliphatic carbocycles. The van der Waals surface area contributed by atoms with Gasteiger partial charge in [-0.25, -0.2) is 0 Å². The molecule has 1 aliphatic heterocycles. The summed E-state index contributed by atoms with van der Waals surface area (Å²) in [5, 5.41) is 2.92. The lowest BCUT2D eigenvalue weighted by Gasteiger charge is -2.27. The van der Waals surface area contributed by atoms with Gasteiger partial charge in [0.25, 0.3) is 5.91 Å². The van der Waals surface area contributed by atoms with Gasteiger partial charge in [-0.1, -0.05) is 18.2 Å². The first-order valence-electron chi connectivity index (χ1n) is 9.11. The fraction of sp³-hybridized carbons (Fsp3) is 0.227. The van der Waals surface area contributed by atoms with Gasteiger partial charge in [0, 0.05) is 25.0 Å². The summed E-state index contributed by atoms with van der Waals surface area (Å²) >= 11 is 0. The molecule has 0 bridgehead atoms. The van der Waals surface area contributed by atoms with Gasteiger partial charge >= 0.3 is 0 Å². The van der Waals surface area contributed by atoms with Crippen LogP contribution in [0.3, 0.4) is 0 Å². The molecule has 138 valence electrons. The van der Waals surface area contributed by atoms with Crippen LogP contribution < -0.4 is 15.0 Å². The Bertz CT molecular complexity index is 934. The fourth-order valence-electron chi connectivity index (χ4n) is 3.30. The lowest BCUT2D eigenvalue weighted by Crippen LogP contribution is -2.24. The maximum Gasteiger partial charge on any atom is 0.291 e. The average Bonchev–Trinajstić information content (AvgIpc) is 3.17. The second kappa shape index (κ2) is 7.58. The number of aryl methyl sites for hydroxylation is 1. The first-order chi connectivity index (χ1) is 13.2. The normalized spacial score (nSPS) is 13.1. The molecule has 1 N–H and O–H groups in total. The van der Waals surface area contributed by atoms with Gasteiger partial charge in [0.2, 0.25) is 0 Å². The topological polar surface area (TPSA) is 54.7 Å². The Kier molecular flexibility index (Phi) is 4.83. The number of carbonyl (C=O) groups is 1. The molecule has 0 radical (unpaired) electrons. The maximum absolute atomic E-state index is 12.5. The van der Waals surface area contributed by atoms with Crippen molar-refractivity contribution in [1.29, 1.82) is 0 Å². The molecule has 1 aromatic heterocycles. The molecule has 3 aromatic rings. The largest absolute Gasteiger partial charge is 0.486 e. The molecular formula is C22H22N2O3. The fourth-order valence-corrected chi connectivity index (χ4v) is 3.30. The molecular weight excluding hydrogens is 340 g/mol. The molecule has 27 heavy (non-hydrogen) atoms. The highest BCUT2D eigenvalue weighted by Crippen LogP contribution is 2.28. The highest BCUT2D eigenvalue weighted by molar-refractivity contribution is 6.02. The van der Waals surface area contributed by atoms with Gasteiger partial charge < -0.3 is 19.4 Å². The molecule has 0 spiro atoms. The number of hydrogen-bond acceptors (Lipinski definition) is 4. The lowest BCUT2D eigenvalue weighted by molar-refractivity contribution is 0.0992. The molecule has 0 atom stereocenters. The quantitative estimate of drug-likeness (QED) is 0.726. The van der Waals surface area contributed by atoms with Gasteiger partial charge in [0.15, 0.2) is 5.76 Å². The molecule has 2 aromatic carbocycles. The van der Waals surface area contributed by atoms with E-state index < -0.39 is 0 Å². The number of para-hydroxylation sites is 1. The van der Waals surface area contributed by atoms with Gasteiger partial charge in [0.1, 0.15) is 18.1 Å². The summed E-state index contributed by atoms with van der Waals surface area (Å²) in [5.41, 5.74) is 3.28. The molecule has 5 nitrogen and oxygen atoms in total. The van der Waals surface area contributed by atoms with E-state index in [1.165, 1.54) is 11.3 Å². The number of nitrogens with one attached hydrogen (secondary N) is 1. The van der Waals surface area contributed by atoms with Crippen LogP contribution >= 0.6 is 0 Å². The number of nitrogens with zero attached hydrogens (tertiary/aromatic N) is 1. The summed E-state index contributed by atoms with van der Waals surface area (Å²) in [5.74, 6) is 1.39. The highest BCUT2D eigenvalue weighted by Gasteiger charge is 2.16. The summed E-state index contributed by atoms with van der Waals surface area (Å²) < 4.78 is 11.3. The highest BCUT2D eigenvalue weighted by atomic mass is 16.5. The standard InChI is InChI=1S/C22H22N2O3/c1-24-13-5-6-16-14-17(9-11-20(16)24)23-22(25)21-12-10-19(27-21)15-26-18-7-3-2-4-8-18/h2-4,7-12,14H,5-6,13,15H2,1H3,(H,23,25). The van der Waals surface area contributed by atoms with Crippen LogP contribution in [0.1, 0.15) is 28.3 Å². The van der Waals surface area contributed by atoms with Gasteiger partial charge in [-0.2, -0.15) is 0 Å². The number of hydrogen-bond donors (Lipinski definition) is 1. The zero-order valence-electron chi connectivity index (χ0n) is 15.3. The minimum Gasteiger partial charge on any atom is -0.486 e. The Labute approximate surface area is 158 Å². The van der Waals surface area contributed by atoms with Gasteiger partial charge in [-0.05, 0) is 60.9 Å². The molecule has 1 amide bonds. The first kappa shape index (κ1) is 17.2. The number of amides is 1. The van der Waals surface area contributed by atoms with E-state index in [0.29, 0.717) is 5.76 Å². The summed E-state index contributed by atoms with van der Waals surface area (Å²) in [7, 11) is 2.10. The Morgan fingerprint density at radius 1 is 1.15 bits per heavy atom. The minimum absolute atomic E-state index is 0.259. The lowest BCUT2D eigenvalue weighted by atomic mass is 10.0.